The van der Waals surface area contributed by atoms with Gasteiger partial charge in [-0.1, -0.05) is 23.4 Å². The molecule has 1 saturated carbocycles. The van der Waals surface area contributed by atoms with Crippen LogP contribution >= 0.6 is 0 Å². The van der Waals surface area contributed by atoms with Crippen LogP contribution in [0.1, 0.15) is 41.0 Å². The molecule has 0 saturated heterocycles. The third kappa shape index (κ3) is 4.02. The molecule has 2 aromatic heterocycles. The number of nitrogens with zero attached hydrogens (tertiary/aromatic N) is 3. The summed E-state index contributed by atoms with van der Waals surface area (Å²) in [5.74, 6) is 1.04. The number of hydrogen-bond acceptors (Lipinski definition) is 5. The average Bonchev–Trinajstić information content (AvgIpc) is 3.42. The summed E-state index contributed by atoms with van der Waals surface area (Å²) >= 11 is 0. The number of pyridine rings is 1. The highest BCUT2D eigenvalue weighted by atomic mass is 19.1. The quantitative estimate of drug-likeness (QED) is 0.722. The highest BCUT2D eigenvalue weighted by molar-refractivity contribution is 5.92. The van der Waals surface area contributed by atoms with Crippen molar-refractivity contribution in [3.8, 4) is 11.3 Å². The maximum absolute atomic E-state index is 13.4. The van der Waals surface area contributed by atoms with Gasteiger partial charge in [-0.2, -0.15) is 4.98 Å². The Morgan fingerprint density at radius 1 is 1.26 bits per heavy atom. The smallest absolute Gasteiger partial charge is 0.269 e. The SMILES string of the molecule is Cc1nc([C@H](CNC(=O)c2cccc(-c3cccc(F)c3)n2)C2CC2)no1. The Labute approximate surface area is 155 Å². The molecule has 138 valence electrons. The summed E-state index contributed by atoms with van der Waals surface area (Å²) in [4.78, 5) is 21.2. The van der Waals surface area contributed by atoms with Crippen LogP contribution in [0.3, 0.4) is 0 Å². The van der Waals surface area contributed by atoms with Gasteiger partial charge >= 0.3 is 0 Å². The van der Waals surface area contributed by atoms with E-state index in [0.717, 1.165) is 12.8 Å². The normalized spacial score (nSPS) is 14.7. The standard InChI is InChI=1S/C20H19FN4O2/c1-12-23-19(25-27-12)16(13-8-9-13)11-22-20(26)18-7-3-6-17(24-18)14-4-2-5-15(21)10-14/h2-7,10,13,16H,8-9,11H2,1H3,(H,22,26)/t16-/m1/s1. The topological polar surface area (TPSA) is 80.9 Å². The molecule has 0 bridgehead atoms. The molecule has 3 aromatic rings. The van der Waals surface area contributed by atoms with Crippen molar-refractivity contribution in [3.63, 3.8) is 0 Å². The third-order valence-electron chi connectivity index (χ3n) is 4.65. The van der Waals surface area contributed by atoms with Gasteiger partial charge in [0.25, 0.3) is 5.91 Å². The van der Waals surface area contributed by atoms with Gasteiger partial charge in [0.2, 0.25) is 5.89 Å². The van der Waals surface area contributed by atoms with Crippen LogP contribution in [0.15, 0.2) is 47.0 Å². The molecule has 4 rings (SSSR count). The number of benzene rings is 1. The minimum Gasteiger partial charge on any atom is -0.350 e. The lowest BCUT2D eigenvalue weighted by atomic mass is 10.0. The van der Waals surface area contributed by atoms with Gasteiger partial charge in [0.05, 0.1) is 5.69 Å². The van der Waals surface area contributed by atoms with E-state index in [2.05, 4.69) is 20.4 Å². The number of carbonyl (C=O) groups excluding carboxylic acids is 1. The lowest BCUT2D eigenvalue weighted by Crippen LogP contribution is -2.30. The van der Waals surface area contributed by atoms with E-state index in [1.807, 2.05) is 0 Å². The van der Waals surface area contributed by atoms with Crippen LogP contribution in [0.5, 0.6) is 0 Å². The number of amides is 1. The summed E-state index contributed by atoms with van der Waals surface area (Å²) in [6, 6.07) is 11.3. The van der Waals surface area contributed by atoms with E-state index >= 15 is 0 Å². The molecule has 1 N–H and O–H groups in total. The van der Waals surface area contributed by atoms with Crippen LogP contribution in [-0.2, 0) is 0 Å². The molecule has 0 aliphatic heterocycles. The fourth-order valence-electron chi connectivity index (χ4n) is 3.10. The molecule has 7 heteroatoms. The third-order valence-corrected chi connectivity index (χ3v) is 4.65. The van der Waals surface area contributed by atoms with Crippen molar-refractivity contribution in [1.82, 2.24) is 20.4 Å². The molecule has 0 unspecified atom stereocenters. The fraction of sp³-hybridized carbons (Fsp3) is 0.300. The number of aryl methyl sites for hydroxylation is 1. The van der Waals surface area contributed by atoms with Crippen molar-refractivity contribution < 1.29 is 13.7 Å². The second-order valence-electron chi connectivity index (χ2n) is 6.74. The summed E-state index contributed by atoms with van der Waals surface area (Å²) < 4.78 is 18.5. The molecule has 1 atom stereocenters. The molecular weight excluding hydrogens is 347 g/mol. The lowest BCUT2D eigenvalue weighted by molar-refractivity contribution is 0.0945. The first kappa shape index (κ1) is 17.3. The Morgan fingerprint density at radius 3 is 2.78 bits per heavy atom. The van der Waals surface area contributed by atoms with Gasteiger partial charge in [0, 0.05) is 24.9 Å². The molecule has 1 aliphatic carbocycles. The summed E-state index contributed by atoms with van der Waals surface area (Å²) in [6.45, 7) is 2.18. The molecule has 1 aromatic carbocycles. The van der Waals surface area contributed by atoms with Crippen molar-refractivity contribution in [2.45, 2.75) is 25.7 Å². The van der Waals surface area contributed by atoms with Crippen molar-refractivity contribution in [3.05, 3.63) is 65.7 Å². The molecular formula is C20H19FN4O2. The van der Waals surface area contributed by atoms with Crippen molar-refractivity contribution in [1.29, 1.82) is 0 Å². The Hall–Kier alpha value is -3.09. The first-order valence-electron chi connectivity index (χ1n) is 8.91. The summed E-state index contributed by atoms with van der Waals surface area (Å²) in [5.41, 5.74) is 1.47. The second-order valence-corrected chi connectivity index (χ2v) is 6.74. The van der Waals surface area contributed by atoms with E-state index < -0.39 is 0 Å². The monoisotopic (exact) mass is 366 g/mol. The Morgan fingerprint density at radius 2 is 2.07 bits per heavy atom. The van der Waals surface area contributed by atoms with Gasteiger partial charge in [-0.3, -0.25) is 4.79 Å². The zero-order valence-electron chi connectivity index (χ0n) is 14.9. The van der Waals surface area contributed by atoms with Gasteiger partial charge < -0.3 is 9.84 Å². The zero-order chi connectivity index (χ0) is 18.8. The Balaban J connectivity index is 1.47. The molecule has 0 radical (unpaired) electrons. The Kier molecular flexibility index (Phi) is 4.66. The first-order chi connectivity index (χ1) is 13.1. The Bertz CT molecular complexity index is 968. The van der Waals surface area contributed by atoms with Crippen LogP contribution < -0.4 is 5.32 Å². The van der Waals surface area contributed by atoms with E-state index in [1.165, 1.54) is 12.1 Å². The number of halogens is 1. The van der Waals surface area contributed by atoms with Gasteiger partial charge in [-0.25, -0.2) is 9.37 Å². The molecule has 1 aliphatic rings. The van der Waals surface area contributed by atoms with Gasteiger partial charge in [0.1, 0.15) is 11.5 Å². The largest absolute Gasteiger partial charge is 0.350 e. The number of aromatic nitrogens is 3. The van der Waals surface area contributed by atoms with Gasteiger partial charge in [0.15, 0.2) is 5.82 Å². The summed E-state index contributed by atoms with van der Waals surface area (Å²) in [5, 5.41) is 6.92. The van der Waals surface area contributed by atoms with Crippen LogP contribution in [0.25, 0.3) is 11.3 Å². The van der Waals surface area contributed by atoms with Crippen LogP contribution in [0, 0.1) is 18.7 Å². The van der Waals surface area contributed by atoms with Gasteiger partial charge in [-0.15, -0.1) is 0 Å². The maximum atomic E-state index is 13.4. The van der Waals surface area contributed by atoms with Crippen LogP contribution in [-0.4, -0.2) is 27.6 Å². The summed E-state index contributed by atoms with van der Waals surface area (Å²) in [7, 11) is 0. The van der Waals surface area contributed by atoms with E-state index in [0.29, 0.717) is 35.4 Å². The van der Waals surface area contributed by atoms with E-state index in [4.69, 9.17) is 4.52 Å². The second kappa shape index (κ2) is 7.26. The zero-order valence-corrected chi connectivity index (χ0v) is 14.9. The van der Waals surface area contributed by atoms with Crippen molar-refractivity contribution in [2.24, 2.45) is 5.92 Å². The average molecular weight is 366 g/mol. The number of hydrogen-bond donors (Lipinski definition) is 1. The van der Waals surface area contributed by atoms with Crippen molar-refractivity contribution >= 4 is 5.91 Å². The predicted molar refractivity (Wildman–Crippen MR) is 96.5 cm³/mol. The molecule has 1 amide bonds. The molecule has 6 nitrogen and oxygen atoms in total. The summed E-state index contributed by atoms with van der Waals surface area (Å²) in [6.07, 6.45) is 2.20. The van der Waals surface area contributed by atoms with E-state index in [9.17, 15) is 9.18 Å². The number of nitrogens with one attached hydrogen (secondary N) is 1. The molecule has 1 fully saturated rings. The molecule has 0 spiro atoms. The highest BCUT2D eigenvalue weighted by Crippen LogP contribution is 2.41. The highest BCUT2D eigenvalue weighted by Gasteiger charge is 2.35. The minimum absolute atomic E-state index is 0.0396. The van der Waals surface area contributed by atoms with Crippen LogP contribution in [0.2, 0.25) is 0 Å². The minimum atomic E-state index is -0.341. The number of rotatable bonds is 6. The number of carbonyl (C=O) groups is 1. The lowest BCUT2D eigenvalue weighted by Gasteiger charge is -2.13. The van der Waals surface area contributed by atoms with E-state index in [1.54, 1.807) is 37.3 Å². The fourth-order valence-corrected chi connectivity index (χ4v) is 3.10. The van der Waals surface area contributed by atoms with Crippen LogP contribution in [0.4, 0.5) is 4.39 Å². The van der Waals surface area contributed by atoms with E-state index in [-0.39, 0.29) is 23.3 Å². The van der Waals surface area contributed by atoms with Gasteiger partial charge in [-0.05, 0) is 43.0 Å². The predicted octanol–water partition coefficient (Wildman–Crippen LogP) is 3.50. The van der Waals surface area contributed by atoms with Crippen molar-refractivity contribution in [2.75, 3.05) is 6.54 Å². The molecule has 2 heterocycles. The molecule has 27 heavy (non-hydrogen) atoms. The maximum Gasteiger partial charge on any atom is 0.269 e. The first-order valence-corrected chi connectivity index (χ1v) is 8.91.